The molecule has 3 nitrogen and oxygen atoms in total. The second-order valence-corrected chi connectivity index (χ2v) is 5.33. The maximum atomic E-state index is 12.0. The zero-order chi connectivity index (χ0) is 13.7. The van der Waals surface area contributed by atoms with Gasteiger partial charge in [-0.2, -0.15) is 0 Å². The number of likely N-dealkylation sites (N-methyl/N-ethyl adjacent to an activating group) is 1. The van der Waals surface area contributed by atoms with Crippen molar-refractivity contribution in [3.63, 3.8) is 0 Å². The van der Waals surface area contributed by atoms with Gasteiger partial charge in [0.05, 0.1) is 0 Å². The second-order valence-electron chi connectivity index (χ2n) is 4.90. The third-order valence-corrected chi connectivity index (χ3v) is 3.57. The van der Waals surface area contributed by atoms with Gasteiger partial charge in [-0.15, -0.1) is 0 Å². The van der Waals surface area contributed by atoms with Gasteiger partial charge in [-0.05, 0) is 43.2 Å². The first kappa shape index (κ1) is 14.1. The molecule has 0 bridgehead atoms. The lowest BCUT2D eigenvalue weighted by Crippen LogP contribution is -2.37. The lowest BCUT2D eigenvalue weighted by molar-refractivity contribution is -0.125. The Hall–Kier alpha value is -1.32. The molecule has 1 atom stereocenters. The Kier molecular flexibility index (Phi) is 5.00. The van der Waals surface area contributed by atoms with Gasteiger partial charge in [-0.25, -0.2) is 0 Å². The van der Waals surface area contributed by atoms with Gasteiger partial charge in [-0.3, -0.25) is 4.79 Å². The highest BCUT2D eigenvalue weighted by Gasteiger charge is 2.17. The third-order valence-electron chi connectivity index (χ3n) is 3.32. The van der Waals surface area contributed by atoms with Gasteiger partial charge < -0.3 is 10.2 Å². The predicted octanol–water partition coefficient (Wildman–Crippen LogP) is 2.56. The number of carbonyl (C=O) groups excluding carboxylic acids is 1. The summed E-state index contributed by atoms with van der Waals surface area (Å²) in [6.45, 7) is 1.83. The topological polar surface area (TPSA) is 32.3 Å². The zero-order valence-corrected chi connectivity index (χ0v) is 11.9. The zero-order valence-electron chi connectivity index (χ0n) is 11.1. The fourth-order valence-electron chi connectivity index (χ4n) is 2.20. The van der Waals surface area contributed by atoms with Crippen LogP contribution in [0.3, 0.4) is 0 Å². The molecule has 1 unspecified atom stereocenters. The molecule has 1 amide bonds. The minimum Gasteiger partial charge on any atom is -0.341 e. The van der Waals surface area contributed by atoms with Crippen LogP contribution in [0.2, 0.25) is 5.02 Å². The van der Waals surface area contributed by atoms with Gasteiger partial charge in [0.1, 0.15) is 0 Å². The molecule has 0 saturated carbocycles. The standard InChI is InChI=1S/C15H19ClN2O/c1-18(11-14-3-2-10-17-14)15(19)9-6-12-4-7-13(16)8-5-12/h4-9,14,17H,2-3,10-11H2,1H3/b9-6+. The molecule has 1 N–H and O–H groups in total. The van der Waals surface area contributed by atoms with Crippen LogP contribution in [0.25, 0.3) is 6.08 Å². The van der Waals surface area contributed by atoms with Gasteiger partial charge in [0, 0.05) is 30.7 Å². The molecule has 1 heterocycles. The summed E-state index contributed by atoms with van der Waals surface area (Å²) in [7, 11) is 1.84. The summed E-state index contributed by atoms with van der Waals surface area (Å²) < 4.78 is 0. The van der Waals surface area contributed by atoms with Crippen molar-refractivity contribution in [1.82, 2.24) is 10.2 Å². The molecular weight excluding hydrogens is 260 g/mol. The van der Waals surface area contributed by atoms with E-state index in [1.807, 2.05) is 37.4 Å². The quantitative estimate of drug-likeness (QED) is 0.859. The number of hydrogen-bond acceptors (Lipinski definition) is 2. The van der Waals surface area contributed by atoms with Crippen LogP contribution in [0.15, 0.2) is 30.3 Å². The van der Waals surface area contributed by atoms with Crippen LogP contribution in [0.4, 0.5) is 0 Å². The van der Waals surface area contributed by atoms with Crippen molar-refractivity contribution in [2.75, 3.05) is 20.1 Å². The second kappa shape index (κ2) is 6.73. The average molecular weight is 279 g/mol. The van der Waals surface area contributed by atoms with Gasteiger partial charge in [0.25, 0.3) is 0 Å². The van der Waals surface area contributed by atoms with E-state index in [0.29, 0.717) is 11.1 Å². The highest BCUT2D eigenvalue weighted by molar-refractivity contribution is 6.30. The number of rotatable bonds is 4. The summed E-state index contributed by atoms with van der Waals surface area (Å²) in [6.07, 6.45) is 5.78. The lowest BCUT2D eigenvalue weighted by Gasteiger charge is -2.19. The Bertz CT molecular complexity index is 450. The molecule has 0 aromatic heterocycles. The van der Waals surface area contributed by atoms with Crippen molar-refractivity contribution in [3.8, 4) is 0 Å². The van der Waals surface area contributed by atoms with Gasteiger partial charge in [0.15, 0.2) is 0 Å². The third kappa shape index (κ3) is 4.37. The first-order chi connectivity index (χ1) is 9.15. The highest BCUT2D eigenvalue weighted by atomic mass is 35.5. The van der Waals surface area contributed by atoms with Crippen molar-refractivity contribution in [2.45, 2.75) is 18.9 Å². The van der Waals surface area contributed by atoms with E-state index in [-0.39, 0.29) is 5.91 Å². The molecule has 0 radical (unpaired) electrons. The summed E-state index contributed by atoms with van der Waals surface area (Å²) in [4.78, 5) is 13.7. The van der Waals surface area contributed by atoms with E-state index in [9.17, 15) is 4.79 Å². The molecule has 1 aliphatic rings. The van der Waals surface area contributed by atoms with Crippen molar-refractivity contribution >= 4 is 23.6 Å². The first-order valence-corrected chi connectivity index (χ1v) is 6.95. The van der Waals surface area contributed by atoms with Crippen molar-refractivity contribution in [1.29, 1.82) is 0 Å². The summed E-state index contributed by atoms with van der Waals surface area (Å²) in [5.41, 5.74) is 0.977. The van der Waals surface area contributed by atoms with Crippen molar-refractivity contribution in [3.05, 3.63) is 40.9 Å². The van der Waals surface area contributed by atoms with Crippen molar-refractivity contribution < 1.29 is 4.79 Å². The average Bonchev–Trinajstić information content (AvgIpc) is 2.90. The fourth-order valence-corrected chi connectivity index (χ4v) is 2.33. The molecule has 1 saturated heterocycles. The predicted molar refractivity (Wildman–Crippen MR) is 79.1 cm³/mol. The largest absolute Gasteiger partial charge is 0.341 e. The summed E-state index contributed by atoms with van der Waals surface area (Å²) in [5, 5.41) is 4.09. The minimum atomic E-state index is 0.0312. The lowest BCUT2D eigenvalue weighted by atomic mass is 10.2. The van der Waals surface area contributed by atoms with E-state index in [4.69, 9.17) is 11.6 Å². The molecule has 1 aromatic rings. The number of benzene rings is 1. The van der Waals surface area contributed by atoms with E-state index in [0.717, 1.165) is 25.1 Å². The molecule has 1 aromatic carbocycles. The highest BCUT2D eigenvalue weighted by Crippen LogP contribution is 2.11. The molecular formula is C15H19ClN2O. The van der Waals surface area contributed by atoms with E-state index < -0.39 is 0 Å². The molecule has 0 spiro atoms. The molecule has 19 heavy (non-hydrogen) atoms. The van der Waals surface area contributed by atoms with Gasteiger partial charge >= 0.3 is 0 Å². The van der Waals surface area contributed by atoms with E-state index in [2.05, 4.69) is 5.32 Å². The molecule has 4 heteroatoms. The number of amides is 1. The van der Waals surface area contributed by atoms with Crippen LogP contribution < -0.4 is 5.32 Å². The van der Waals surface area contributed by atoms with Crippen LogP contribution in [0, 0.1) is 0 Å². The molecule has 1 aliphatic heterocycles. The molecule has 0 aliphatic carbocycles. The van der Waals surface area contributed by atoms with Crippen LogP contribution in [0.5, 0.6) is 0 Å². The first-order valence-electron chi connectivity index (χ1n) is 6.57. The van der Waals surface area contributed by atoms with Gasteiger partial charge in [0.2, 0.25) is 5.91 Å². The van der Waals surface area contributed by atoms with Gasteiger partial charge in [-0.1, -0.05) is 23.7 Å². The van der Waals surface area contributed by atoms with E-state index >= 15 is 0 Å². The smallest absolute Gasteiger partial charge is 0.246 e. The number of hydrogen-bond donors (Lipinski definition) is 1. The molecule has 1 fully saturated rings. The monoisotopic (exact) mass is 278 g/mol. The Morgan fingerprint density at radius 1 is 1.47 bits per heavy atom. The Labute approximate surface area is 119 Å². The number of carbonyl (C=O) groups is 1. The van der Waals surface area contributed by atoms with Crippen LogP contribution in [-0.4, -0.2) is 37.0 Å². The Balaban J connectivity index is 1.86. The summed E-state index contributed by atoms with van der Waals surface area (Å²) >= 11 is 5.81. The maximum absolute atomic E-state index is 12.0. The van der Waals surface area contributed by atoms with E-state index in [1.165, 1.54) is 6.42 Å². The fraction of sp³-hybridized carbons (Fsp3) is 0.400. The minimum absolute atomic E-state index is 0.0312. The molecule has 102 valence electrons. The SMILES string of the molecule is CN(CC1CCCN1)C(=O)/C=C/c1ccc(Cl)cc1. The number of nitrogens with zero attached hydrogens (tertiary/aromatic N) is 1. The normalized spacial score (nSPS) is 18.9. The van der Waals surface area contributed by atoms with E-state index in [1.54, 1.807) is 11.0 Å². The summed E-state index contributed by atoms with van der Waals surface area (Å²) in [6, 6.07) is 7.86. The van der Waals surface area contributed by atoms with Crippen LogP contribution in [-0.2, 0) is 4.79 Å². The Morgan fingerprint density at radius 2 is 2.21 bits per heavy atom. The molecule has 2 rings (SSSR count). The Morgan fingerprint density at radius 3 is 2.84 bits per heavy atom. The van der Waals surface area contributed by atoms with Crippen LogP contribution >= 0.6 is 11.6 Å². The summed E-state index contributed by atoms with van der Waals surface area (Å²) in [5.74, 6) is 0.0312. The number of nitrogens with one attached hydrogen (secondary N) is 1. The number of halogens is 1. The maximum Gasteiger partial charge on any atom is 0.246 e. The van der Waals surface area contributed by atoms with Crippen LogP contribution in [0.1, 0.15) is 18.4 Å². The van der Waals surface area contributed by atoms with Crippen molar-refractivity contribution in [2.24, 2.45) is 0 Å².